The molecule has 1 saturated heterocycles. The molecule has 0 N–H and O–H groups in total. The van der Waals surface area contributed by atoms with E-state index in [-0.39, 0.29) is 12.8 Å². The predicted molar refractivity (Wildman–Crippen MR) is 121 cm³/mol. The predicted octanol–water partition coefficient (Wildman–Crippen LogP) is 3.45. The van der Waals surface area contributed by atoms with Crippen LogP contribution in [-0.4, -0.2) is 41.0 Å². The summed E-state index contributed by atoms with van der Waals surface area (Å²) in [5.74, 6) is -2.85. The van der Waals surface area contributed by atoms with Crippen LogP contribution in [0.5, 0.6) is 0 Å². The summed E-state index contributed by atoms with van der Waals surface area (Å²) in [4.78, 5) is 50.3. The molecular formula is C26H29NO6. The smallest absolute Gasteiger partial charge is 0.306 e. The summed E-state index contributed by atoms with van der Waals surface area (Å²) in [7, 11) is 0. The van der Waals surface area contributed by atoms with Gasteiger partial charge in [0.2, 0.25) is 11.8 Å². The van der Waals surface area contributed by atoms with Crippen molar-refractivity contribution in [3.05, 3.63) is 71.8 Å². The zero-order chi connectivity index (χ0) is 23.8. The Morgan fingerprint density at radius 3 is 2.06 bits per heavy atom. The van der Waals surface area contributed by atoms with Gasteiger partial charge in [-0.05, 0) is 37.3 Å². The third kappa shape index (κ3) is 6.51. The highest BCUT2D eigenvalue weighted by molar-refractivity contribution is 6.02. The number of esters is 2. The summed E-state index contributed by atoms with van der Waals surface area (Å²) in [5.41, 5.74) is 2.11. The molecule has 0 aromatic heterocycles. The molecule has 2 aromatic rings. The normalized spacial score (nSPS) is 18.2. The van der Waals surface area contributed by atoms with Gasteiger partial charge in [0.15, 0.2) is 6.23 Å². The van der Waals surface area contributed by atoms with E-state index >= 15 is 0 Å². The summed E-state index contributed by atoms with van der Waals surface area (Å²) in [5, 5.41) is 0. The number of likely N-dealkylation sites (tertiary alicyclic amines) is 1. The first-order valence-corrected chi connectivity index (χ1v) is 11.2. The third-order valence-corrected chi connectivity index (χ3v) is 5.62. The third-order valence-electron chi connectivity index (χ3n) is 5.62. The molecule has 3 rings (SSSR count). The topological polar surface area (TPSA) is 90.0 Å². The fourth-order valence-electron chi connectivity index (χ4n) is 3.92. The Kier molecular flexibility index (Phi) is 8.35. The van der Waals surface area contributed by atoms with Crippen molar-refractivity contribution in [2.24, 2.45) is 5.92 Å². The zero-order valence-corrected chi connectivity index (χ0v) is 18.9. The number of carbonyl (C=O) groups is 4. The van der Waals surface area contributed by atoms with E-state index in [0.29, 0.717) is 19.3 Å². The Morgan fingerprint density at radius 2 is 1.48 bits per heavy atom. The first-order chi connectivity index (χ1) is 15.9. The van der Waals surface area contributed by atoms with E-state index in [9.17, 15) is 19.2 Å². The molecule has 3 atom stereocenters. The van der Waals surface area contributed by atoms with Crippen LogP contribution in [0.4, 0.5) is 0 Å². The van der Waals surface area contributed by atoms with Crippen LogP contribution in [0.3, 0.4) is 0 Å². The average molecular weight is 452 g/mol. The zero-order valence-electron chi connectivity index (χ0n) is 18.9. The van der Waals surface area contributed by atoms with Crippen LogP contribution >= 0.6 is 0 Å². The van der Waals surface area contributed by atoms with Crippen molar-refractivity contribution >= 4 is 23.8 Å². The van der Waals surface area contributed by atoms with E-state index in [2.05, 4.69) is 0 Å². The van der Waals surface area contributed by atoms with Crippen molar-refractivity contribution in [2.45, 2.75) is 58.3 Å². The largest absolute Gasteiger partial charge is 0.462 e. The van der Waals surface area contributed by atoms with Gasteiger partial charge in [0, 0.05) is 19.8 Å². The molecule has 2 amide bonds. The molecule has 174 valence electrons. The van der Waals surface area contributed by atoms with Gasteiger partial charge in [-0.25, -0.2) is 4.90 Å². The van der Waals surface area contributed by atoms with Crippen LogP contribution in [0.25, 0.3) is 0 Å². The van der Waals surface area contributed by atoms with Crippen LogP contribution in [0.2, 0.25) is 0 Å². The summed E-state index contributed by atoms with van der Waals surface area (Å²) in [6.45, 7) is 2.80. The summed E-state index contributed by atoms with van der Waals surface area (Å²) < 4.78 is 10.7. The van der Waals surface area contributed by atoms with Crippen LogP contribution < -0.4 is 0 Å². The minimum atomic E-state index is -1.06. The Hall–Kier alpha value is -3.48. The van der Waals surface area contributed by atoms with E-state index < -0.39 is 42.0 Å². The number of imide groups is 1. The number of nitrogens with zero attached hydrogens (tertiary/aromatic N) is 1. The van der Waals surface area contributed by atoms with Crippen molar-refractivity contribution in [1.82, 2.24) is 4.90 Å². The highest BCUT2D eigenvalue weighted by Gasteiger charge is 2.56. The molecule has 0 aliphatic carbocycles. The minimum absolute atomic E-state index is 0.149. The molecule has 0 spiro atoms. The molecule has 0 unspecified atom stereocenters. The van der Waals surface area contributed by atoms with E-state index in [0.717, 1.165) is 16.0 Å². The Labute approximate surface area is 193 Å². The van der Waals surface area contributed by atoms with Crippen molar-refractivity contribution in [2.75, 3.05) is 0 Å². The lowest BCUT2D eigenvalue weighted by Gasteiger charge is -2.46. The number of aryl methyl sites for hydroxylation is 2. The van der Waals surface area contributed by atoms with Gasteiger partial charge in [-0.2, -0.15) is 0 Å². The highest BCUT2D eigenvalue weighted by atomic mass is 16.6. The number of hydrogen-bond donors (Lipinski definition) is 0. The molecule has 1 fully saturated rings. The fraction of sp³-hybridized carbons (Fsp3) is 0.385. The van der Waals surface area contributed by atoms with Gasteiger partial charge in [0.05, 0.1) is 0 Å². The molecule has 7 nitrogen and oxygen atoms in total. The number of carbonyl (C=O) groups excluding carboxylic acids is 4. The van der Waals surface area contributed by atoms with Gasteiger partial charge >= 0.3 is 11.9 Å². The van der Waals surface area contributed by atoms with E-state index in [1.54, 1.807) is 6.92 Å². The van der Waals surface area contributed by atoms with E-state index in [4.69, 9.17) is 9.47 Å². The van der Waals surface area contributed by atoms with Gasteiger partial charge in [-0.1, -0.05) is 60.7 Å². The first kappa shape index (κ1) is 24.2. The molecule has 0 saturated carbocycles. The highest BCUT2D eigenvalue weighted by Crippen LogP contribution is 2.33. The molecule has 2 aromatic carbocycles. The number of benzene rings is 2. The second-order valence-corrected chi connectivity index (χ2v) is 8.15. The number of ether oxygens (including phenoxy) is 2. The Morgan fingerprint density at radius 1 is 0.909 bits per heavy atom. The number of β-lactam (4-membered cyclic amide) rings is 1. The SMILES string of the molecule is CC(=O)O[C@@H]1[C@@H]([C@@H](C)OC(=O)CCc2ccccc2)C(=O)N1C(=O)CCCc1ccccc1. The molecule has 0 bridgehead atoms. The molecule has 1 aliphatic rings. The lowest BCUT2D eigenvalue weighted by molar-refractivity contribution is -0.210. The van der Waals surface area contributed by atoms with Gasteiger partial charge in [0.1, 0.15) is 12.0 Å². The summed E-state index contributed by atoms with van der Waals surface area (Å²) in [6, 6.07) is 19.3. The maximum Gasteiger partial charge on any atom is 0.306 e. The number of amides is 2. The second-order valence-electron chi connectivity index (χ2n) is 8.15. The monoisotopic (exact) mass is 451 g/mol. The van der Waals surface area contributed by atoms with Crippen LogP contribution in [-0.2, 0) is 41.5 Å². The fourth-order valence-corrected chi connectivity index (χ4v) is 3.92. The van der Waals surface area contributed by atoms with Gasteiger partial charge in [-0.15, -0.1) is 0 Å². The molecule has 33 heavy (non-hydrogen) atoms. The second kappa shape index (κ2) is 11.4. The molecular weight excluding hydrogens is 422 g/mol. The maximum atomic E-state index is 12.8. The van der Waals surface area contributed by atoms with Crippen molar-refractivity contribution in [3.8, 4) is 0 Å². The van der Waals surface area contributed by atoms with Crippen molar-refractivity contribution in [3.63, 3.8) is 0 Å². The van der Waals surface area contributed by atoms with E-state index in [1.165, 1.54) is 6.92 Å². The van der Waals surface area contributed by atoms with Crippen molar-refractivity contribution in [1.29, 1.82) is 0 Å². The molecule has 7 heteroatoms. The Balaban J connectivity index is 1.54. The maximum absolute atomic E-state index is 12.8. The van der Waals surface area contributed by atoms with Gasteiger partial charge < -0.3 is 9.47 Å². The summed E-state index contributed by atoms with van der Waals surface area (Å²) in [6.07, 6.45) is 0.213. The lowest BCUT2D eigenvalue weighted by Crippen LogP contribution is -2.67. The number of rotatable bonds is 10. The van der Waals surface area contributed by atoms with Gasteiger partial charge in [-0.3, -0.25) is 19.2 Å². The average Bonchev–Trinajstić information content (AvgIpc) is 2.78. The quantitative estimate of drug-likeness (QED) is 0.406. The van der Waals surface area contributed by atoms with Crippen LogP contribution in [0.1, 0.15) is 44.2 Å². The molecule has 1 aliphatic heterocycles. The minimum Gasteiger partial charge on any atom is -0.462 e. The van der Waals surface area contributed by atoms with Gasteiger partial charge in [0.25, 0.3) is 0 Å². The Bertz CT molecular complexity index is 975. The summed E-state index contributed by atoms with van der Waals surface area (Å²) >= 11 is 0. The van der Waals surface area contributed by atoms with Crippen LogP contribution in [0.15, 0.2) is 60.7 Å². The van der Waals surface area contributed by atoms with Crippen molar-refractivity contribution < 1.29 is 28.7 Å². The molecule has 1 heterocycles. The lowest BCUT2D eigenvalue weighted by atomic mass is 9.89. The van der Waals surface area contributed by atoms with E-state index in [1.807, 2.05) is 60.7 Å². The molecule has 0 radical (unpaired) electrons. The van der Waals surface area contributed by atoms with Crippen LogP contribution in [0, 0.1) is 5.92 Å². The standard InChI is InChI=1S/C26H29NO6/c1-18(32-23(30)17-16-21-12-7-4-8-13-21)24-25(31)27(26(24)33-19(2)28)22(29)15-9-14-20-10-5-3-6-11-20/h3-8,10-13,18,24,26H,9,14-17H2,1-2H3/t18-,24+,26-/m1/s1. The first-order valence-electron chi connectivity index (χ1n) is 11.2. The number of hydrogen-bond acceptors (Lipinski definition) is 6.